The van der Waals surface area contributed by atoms with Gasteiger partial charge in [-0.1, -0.05) is 71.1 Å². The summed E-state index contributed by atoms with van der Waals surface area (Å²) in [5.74, 6) is -7.92. The number of allylic oxidation sites excluding steroid dienone is 6. The number of nitrogens with zero attached hydrogens (tertiary/aromatic N) is 5. The molecule has 1 amide bonds. The fraction of sp³-hybridized carbons (Fsp3) is 0.731. The number of carbonyl (C=O) groups is 5. The summed E-state index contributed by atoms with van der Waals surface area (Å²) >= 11 is 0. The Morgan fingerprint density at radius 3 is 2.32 bits per heavy atom. The van der Waals surface area contributed by atoms with Crippen LogP contribution in [0.5, 0.6) is 0 Å². The van der Waals surface area contributed by atoms with Crippen molar-refractivity contribution in [3.63, 3.8) is 0 Å². The summed E-state index contributed by atoms with van der Waals surface area (Å²) in [5.41, 5.74) is 1.27. The monoisotopic (exact) mass is 966 g/mol. The number of Topliss-reactive ketones (excluding diaryl/α,β-unsaturated/α-hetero) is 3. The van der Waals surface area contributed by atoms with Gasteiger partial charge in [-0.15, -0.1) is 5.10 Å². The van der Waals surface area contributed by atoms with Crippen LogP contribution in [0.1, 0.15) is 132 Å². The second kappa shape index (κ2) is 25.7. The normalized spacial score (nSPS) is 38.8. The van der Waals surface area contributed by atoms with Gasteiger partial charge in [0.25, 0.3) is 11.7 Å². The number of aliphatic hydroxyl groups is 2. The van der Waals surface area contributed by atoms with Crippen LogP contribution in [0.25, 0.3) is 0 Å². The molecule has 69 heavy (non-hydrogen) atoms. The van der Waals surface area contributed by atoms with E-state index in [1.54, 1.807) is 52.1 Å². The van der Waals surface area contributed by atoms with Crippen molar-refractivity contribution in [2.75, 3.05) is 27.9 Å². The van der Waals surface area contributed by atoms with Gasteiger partial charge >= 0.3 is 5.97 Å². The van der Waals surface area contributed by atoms with Crippen molar-refractivity contribution in [3.8, 4) is 0 Å². The highest BCUT2D eigenvalue weighted by atomic mass is 16.6. The van der Waals surface area contributed by atoms with Crippen LogP contribution < -0.4 is 0 Å². The number of piperidine rings is 1. The lowest BCUT2D eigenvalue weighted by Gasteiger charge is -2.42. The number of methoxy groups -OCH3 is 3. The van der Waals surface area contributed by atoms with E-state index in [1.807, 2.05) is 58.1 Å². The molecule has 17 heteroatoms. The van der Waals surface area contributed by atoms with E-state index < -0.39 is 77.8 Å². The van der Waals surface area contributed by atoms with Gasteiger partial charge in [-0.2, -0.15) is 0 Å². The smallest absolute Gasteiger partial charge is 0.329 e. The van der Waals surface area contributed by atoms with E-state index in [4.69, 9.17) is 23.7 Å². The number of carbonyl (C=O) groups excluding carboxylic acids is 5. The van der Waals surface area contributed by atoms with Crippen molar-refractivity contribution in [1.82, 2.24) is 25.1 Å². The number of ether oxygens (including phenoxy) is 5. The minimum atomic E-state index is -2.43. The number of hydrogen-bond donors (Lipinski definition) is 2. The van der Waals surface area contributed by atoms with Crippen LogP contribution in [-0.4, -0.2) is 141 Å². The fourth-order valence-electron chi connectivity index (χ4n) is 10.7. The number of rotatable bonds is 7. The van der Waals surface area contributed by atoms with E-state index in [0.29, 0.717) is 56.9 Å². The maximum absolute atomic E-state index is 14.5. The summed E-state index contributed by atoms with van der Waals surface area (Å²) in [4.78, 5) is 72.3. The highest BCUT2D eigenvalue weighted by Gasteiger charge is 2.53. The highest BCUT2D eigenvalue weighted by Crippen LogP contribution is 2.39. The van der Waals surface area contributed by atoms with Crippen LogP contribution in [0.4, 0.5) is 0 Å². The maximum atomic E-state index is 14.5. The molecule has 4 unspecified atom stereocenters. The SMILES string of the molecule is COC1CC(C[C@@H](C)[C@@H]2CC(=O)[C@H](C)/C=C(\C)[C@@H](O)[C@@H](OC)C(=O)[C@@H](C)C[C@H](C)/C=C/C=C/C=C(\C)[C@@H](OC)C[C@@H]3CCC(C)C(O)(O3)C(=O)C(=O)N3CCCC[C@H]3C(=O)O2)CC[C@@H]1n1cnnn1. The minimum Gasteiger partial charge on any atom is -0.460 e. The zero-order valence-corrected chi connectivity index (χ0v) is 42.5. The molecule has 2 saturated heterocycles. The van der Waals surface area contributed by atoms with E-state index in [1.165, 1.54) is 12.0 Å². The lowest BCUT2D eigenvalue weighted by atomic mass is 9.77. The summed E-state index contributed by atoms with van der Waals surface area (Å²) in [7, 11) is 4.62. The van der Waals surface area contributed by atoms with Crippen LogP contribution in [0, 0.1) is 35.5 Å². The molecule has 1 aliphatic carbocycles. The Bertz CT molecular complexity index is 2020. The van der Waals surface area contributed by atoms with Gasteiger partial charge in [0.1, 0.15) is 36.5 Å². The number of amides is 1. The Morgan fingerprint density at radius 2 is 1.64 bits per heavy atom. The number of ketones is 3. The van der Waals surface area contributed by atoms with Crippen molar-refractivity contribution in [2.24, 2.45) is 35.5 Å². The molecule has 1 aromatic heterocycles. The molecule has 15 atom stereocenters. The second-order valence-corrected chi connectivity index (χ2v) is 20.4. The minimum absolute atomic E-state index is 0.0170. The standard InChI is InChI=1S/C52H79N5O12/c1-31-16-12-11-13-17-32(2)43(65-8)28-39-21-19-37(7)52(64,69-39)49(61)50(62)56-23-15-14-18-41(56)51(63)68-44(34(4)26-38-20-22-40(45(27-38)66-9)57-30-53-54-55-57)29-42(58)33(3)25-36(6)47(60)48(67-10)46(59)35(5)24-31/h11-13,16-17,25,30-31,33-35,37-41,43-45,47-48,60,64H,14-15,18-24,26-29H2,1-10H3/b13-11+,16-12+,32-17+,36-25+/t31-,33-,34-,35+,37?,38?,39+,40+,41+,43+,44+,45?,47-,48+,52?/m1/s1. The van der Waals surface area contributed by atoms with Crippen LogP contribution in [0.3, 0.4) is 0 Å². The highest BCUT2D eigenvalue weighted by molar-refractivity contribution is 6.39. The van der Waals surface area contributed by atoms with Gasteiger partial charge in [0.05, 0.1) is 24.4 Å². The van der Waals surface area contributed by atoms with E-state index in [-0.39, 0.29) is 60.9 Å². The molecule has 3 aliphatic heterocycles. The number of hydrogen-bond acceptors (Lipinski definition) is 15. The first-order valence-corrected chi connectivity index (χ1v) is 25.0. The van der Waals surface area contributed by atoms with Gasteiger partial charge in [-0.3, -0.25) is 19.2 Å². The third kappa shape index (κ3) is 14.2. The number of tetrazole rings is 1. The van der Waals surface area contributed by atoms with Crippen molar-refractivity contribution in [2.45, 2.75) is 180 Å². The molecule has 2 N–H and O–H groups in total. The summed E-state index contributed by atoms with van der Waals surface area (Å²) in [6.07, 6.45) is 13.9. The zero-order valence-electron chi connectivity index (χ0n) is 42.5. The average Bonchev–Trinajstić information content (AvgIpc) is 3.88. The molecule has 3 fully saturated rings. The largest absolute Gasteiger partial charge is 0.460 e. The summed E-state index contributed by atoms with van der Waals surface area (Å²) in [5, 5.41) is 35.2. The van der Waals surface area contributed by atoms with Crippen molar-refractivity contribution < 1.29 is 57.9 Å². The molecule has 384 valence electrons. The molecule has 1 aromatic rings. The maximum Gasteiger partial charge on any atom is 0.329 e. The molecular formula is C52H79N5O12. The predicted molar refractivity (Wildman–Crippen MR) is 256 cm³/mol. The molecule has 4 heterocycles. The third-order valence-electron chi connectivity index (χ3n) is 15.2. The van der Waals surface area contributed by atoms with Crippen molar-refractivity contribution in [1.29, 1.82) is 0 Å². The molecule has 1 saturated carbocycles. The van der Waals surface area contributed by atoms with Crippen LogP contribution in [0.2, 0.25) is 0 Å². The summed E-state index contributed by atoms with van der Waals surface area (Å²) in [6.45, 7) is 12.8. The van der Waals surface area contributed by atoms with Crippen molar-refractivity contribution in [3.05, 3.63) is 53.9 Å². The number of cyclic esters (lactones) is 1. The van der Waals surface area contributed by atoms with Gasteiger partial charge in [-0.05, 0) is 117 Å². The Morgan fingerprint density at radius 1 is 0.884 bits per heavy atom. The van der Waals surface area contributed by atoms with E-state index in [0.717, 1.165) is 18.4 Å². The molecule has 0 radical (unpaired) electrons. The summed E-state index contributed by atoms with van der Waals surface area (Å²) < 4.78 is 31.6. The average molecular weight is 966 g/mol. The van der Waals surface area contributed by atoms with Crippen LogP contribution >= 0.6 is 0 Å². The van der Waals surface area contributed by atoms with Gasteiger partial charge < -0.3 is 38.8 Å². The summed E-state index contributed by atoms with van der Waals surface area (Å²) in [6, 6.07) is -1.19. The molecule has 5 rings (SSSR count). The van der Waals surface area contributed by atoms with Gasteiger partial charge in [-0.25, -0.2) is 9.48 Å². The van der Waals surface area contributed by atoms with Crippen molar-refractivity contribution >= 4 is 29.2 Å². The number of esters is 1. The first kappa shape index (κ1) is 55.7. The van der Waals surface area contributed by atoms with E-state index in [9.17, 15) is 34.2 Å². The molecule has 0 aromatic carbocycles. The number of fused-ring (bicyclic) bond motifs is 3. The fourth-order valence-corrected chi connectivity index (χ4v) is 10.7. The Balaban J connectivity index is 1.46. The van der Waals surface area contributed by atoms with Gasteiger partial charge in [0.15, 0.2) is 5.78 Å². The second-order valence-electron chi connectivity index (χ2n) is 20.4. The first-order chi connectivity index (χ1) is 32.8. The van der Waals surface area contributed by atoms with Crippen LogP contribution in [-0.2, 0) is 47.7 Å². The van der Waals surface area contributed by atoms with Gasteiger partial charge in [0, 0.05) is 58.5 Å². The molecule has 0 spiro atoms. The Labute approximate surface area is 408 Å². The molecule has 4 aliphatic rings. The molecular weight excluding hydrogens is 887 g/mol. The quantitative estimate of drug-likeness (QED) is 0.181. The lowest BCUT2D eigenvalue weighted by molar-refractivity contribution is -0.265. The third-order valence-corrected chi connectivity index (χ3v) is 15.2. The van der Waals surface area contributed by atoms with Gasteiger partial charge in [0.2, 0.25) is 5.79 Å². The zero-order chi connectivity index (χ0) is 50.6. The first-order valence-electron chi connectivity index (χ1n) is 25.0. The van der Waals surface area contributed by atoms with Crippen LogP contribution in [0.15, 0.2) is 53.9 Å². The van der Waals surface area contributed by atoms with E-state index in [2.05, 4.69) is 15.5 Å². The molecule has 2 bridgehead atoms. The predicted octanol–water partition coefficient (Wildman–Crippen LogP) is 6.05. The Kier molecular flexibility index (Phi) is 20.8. The lowest BCUT2D eigenvalue weighted by Crippen LogP contribution is -2.61. The van der Waals surface area contributed by atoms with E-state index >= 15 is 0 Å². The molecule has 17 nitrogen and oxygen atoms in total. The topological polar surface area (TPSA) is 219 Å². The number of aliphatic hydroxyl groups excluding tert-OH is 1. The number of aromatic nitrogens is 4. The Hall–Kier alpha value is -4.26.